The van der Waals surface area contributed by atoms with E-state index in [4.69, 9.17) is 0 Å². The van der Waals surface area contributed by atoms with Crippen LogP contribution in [0.4, 0.5) is 0 Å². The molecule has 1 aliphatic heterocycles. The van der Waals surface area contributed by atoms with Crippen LogP contribution in [-0.4, -0.2) is 19.3 Å². The number of rotatable bonds is 3. The Balaban J connectivity index is 2.45. The highest BCUT2D eigenvalue weighted by atomic mass is 79.9. The molecule has 6 heteroatoms. The number of hydrogen-bond acceptors (Lipinski definition) is 2. The highest BCUT2D eigenvalue weighted by Gasteiger charge is 2.15. The van der Waals surface area contributed by atoms with E-state index in [1.54, 1.807) is 0 Å². The zero-order valence-corrected chi connectivity index (χ0v) is 9.81. The molecule has 0 bridgehead atoms. The molecule has 0 spiro atoms. The summed E-state index contributed by atoms with van der Waals surface area (Å²) in [6, 6.07) is 0. The Labute approximate surface area is 94.7 Å². The average molecular weight is 274 g/mol. The van der Waals surface area contributed by atoms with Crippen LogP contribution in [0, 0.1) is 0 Å². The summed E-state index contributed by atoms with van der Waals surface area (Å²) < 4.78 is 4.27. The second-order valence-corrected chi connectivity index (χ2v) is 4.19. The molecule has 0 unspecified atom stereocenters. The van der Waals surface area contributed by atoms with Crippen LogP contribution >= 0.6 is 15.9 Å². The lowest BCUT2D eigenvalue weighted by Crippen LogP contribution is -2.29. The van der Waals surface area contributed by atoms with Gasteiger partial charge in [0.15, 0.2) is 0 Å². The van der Waals surface area contributed by atoms with Crippen molar-refractivity contribution >= 4 is 15.9 Å². The molecular formula is C9H12BrN3O2. The minimum absolute atomic E-state index is 0.203. The van der Waals surface area contributed by atoms with Gasteiger partial charge in [0.2, 0.25) is 0 Å². The first-order chi connectivity index (χ1) is 7.25. The van der Waals surface area contributed by atoms with Crippen LogP contribution in [-0.2, 0) is 19.6 Å². The second-order valence-electron chi connectivity index (χ2n) is 3.39. The van der Waals surface area contributed by atoms with Crippen molar-refractivity contribution in [2.75, 3.05) is 5.33 Å². The topological polar surface area (TPSA) is 48.9 Å². The first kappa shape index (κ1) is 10.5. The third-order valence-corrected chi connectivity index (χ3v) is 2.99. The molecule has 2 heterocycles. The molecule has 0 radical (unpaired) electrons. The fourth-order valence-electron chi connectivity index (χ4n) is 1.68. The summed E-state index contributed by atoms with van der Waals surface area (Å²) in [5, 5.41) is 0.794. The van der Waals surface area contributed by atoms with Gasteiger partial charge in [-0.2, -0.15) is 0 Å². The van der Waals surface area contributed by atoms with Gasteiger partial charge < -0.3 is 0 Å². The highest BCUT2D eigenvalue weighted by molar-refractivity contribution is 9.09. The van der Waals surface area contributed by atoms with Gasteiger partial charge in [0, 0.05) is 11.9 Å². The quantitative estimate of drug-likeness (QED) is 0.582. The Morgan fingerprint density at radius 1 is 1.13 bits per heavy atom. The van der Waals surface area contributed by atoms with E-state index < -0.39 is 0 Å². The van der Waals surface area contributed by atoms with Crippen molar-refractivity contribution in [1.29, 1.82) is 0 Å². The molecule has 1 aromatic rings. The molecule has 0 saturated carbocycles. The van der Waals surface area contributed by atoms with E-state index in [9.17, 15) is 9.59 Å². The molecular weight excluding hydrogens is 262 g/mol. The molecule has 0 N–H and O–H groups in total. The summed E-state index contributed by atoms with van der Waals surface area (Å²) in [5.74, 6) is 0. The van der Waals surface area contributed by atoms with E-state index in [0.29, 0.717) is 19.6 Å². The number of halogens is 1. The van der Waals surface area contributed by atoms with Gasteiger partial charge in [-0.25, -0.2) is 23.5 Å². The average Bonchev–Trinajstić information content (AvgIpc) is 2.51. The zero-order valence-electron chi connectivity index (χ0n) is 8.23. The van der Waals surface area contributed by atoms with Gasteiger partial charge >= 0.3 is 11.4 Å². The Morgan fingerprint density at radius 2 is 1.67 bits per heavy atom. The number of allylic oxidation sites excluding steroid dienone is 2. The van der Waals surface area contributed by atoms with Crippen molar-refractivity contribution in [3.8, 4) is 0 Å². The number of nitrogens with zero attached hydrogens (tertiary/aromatic N) is 3. The molecule has 0 amide bonds. The monoisotopic (exact) mass is 273 g/mol. The summed E-state index contributed by atoms with van der Waals surface area (Å²) in [5.41, 5.74) is -0.407. The predicted octanol–water partition coefficient (Wildman–Crippen LogP) is 0.166. The molecule has 82 valence electrons. The second kappa shape index (κ2) is 4.22. The van der Waals surface area contributed by atoms with Crippen molar-refractivity contribution in [2.45, 2.75) is 26.1 Å². The van der Waals surface area contributed by atoms with Gasteiger partial charge in [-0.3, -0.25) is 0 Å². The zero-order chi connectivity index (χ0) is 10.8. The van der Waals surface area contributed by atoms with Crippen LogP contribution < -0.4 is 11.4 Å². The van der Waals surface area contributed by atoms with Gasteiger partial charge in [0.05, 0.1) is 13.1 Å². The molecule has 0 aromatic carbocycles. The van der Waals surface area contributed by atoms with Crippen LogP contribution in [0.25, 0.3) is 0 Å². The third-order valence-electron chi connectivity index (χ3n) is 2.43. The van der Waals surface area contributed by atoms with Crippen LogP contribution in [0.5, 0.6) is 0 Å². The molecule has 1 aromatic heterocycles. The fourth-order valence-corrected chi connectivity index (χ4v) is 1.93. The number of fused-ring (bicyclic) bond motifs is 1. The van der Waals surface area contributed by atoms with Gasteiger partial charge in [-0.15, -0.1) is 0 Å². The number of hydrogen-bond donors (Lipinski definition) is 0. The minimum atomic E-state index is -0.203. The third kappa shape index (κ3) is 1.73. The first-order valence-corrected chi connectivity index (χ1v) is 5.99. The summed E-state index contributed by atoms with van der Waals surface area (Å²) in [6.07, 6.45) is 4.58. The lowest BCUT2D eigenvalue weighted by molar-refractivity contribution is 0.482. The maximum atomic E-state index is 11.8. The Kier molecular flexibility index (Phi) is 2.95. The SMILES string of the molecule is O=c1n(CCCBr)c(=O)n2n1CC=CC2. The molecule has 2 rings (SSSR count). The molecule has 0 saturated heterocycles. The lowest BCUT2D eigenvalue weighted by atomic mass is 10.4. The largest absolute Gasteiger partial charge is 0.347 e. The lowest BCUT2D eigenvalue weighted by Gasteiger charge is -2.08. The van der Waals surface area contributed by atoms with Crippen LogP contribution in [0.2, 0.25) is 0 Å². The Morgan fingerprint density at radius 3 is 2.13 bits per heavy atom. The number of aromatic nitrogens is 3. The minimum Gasteiger partial charge on any atom is -0.246 e. The molecule has 1 aliphatic rings. The van der Waals surface area contributed by atoms with Gasteiger partial charge in [0.1, 0.15) is 0 Å². The predicted molar refractivity (Wildman–Crippen MR) is 60.5 cm³/mol. The van der Waals surface area contributed by atoms with Crippen molar-refractivity contribution in [3.63, 3.8) is 0 Å². The van der Waals surface area contributed by atoms with Gasteiger partial charge in [0.25, 0.3) is 0 Å². The van der Waals surface area contributed by atoms with Crippen molar-refractivity contribution in [1.82, 2.24) is 13.9 Å². The van der Waals surface area contributed by atoms with E-state index in [1.165, 1.54) is 13.9 Å². The molecule has 15 heavy (non-hydrogen) atoms. The van der Waals surface area contributed by atoms with Gasteiger partial charge in [-0.05, 0) is 6.42 Å². The van der Waals surface area contributed by atoms with Crippen molar-refractivity contribution in [2.24, 2.45) is 0 Å². The van der Waals surface area contributed by atoms with E-state index in [-0.39, 0.29) is 11.4 Å². The molecule has 0 aliphatic carbocycles. The van der Waals surface area contributed by atoms with E-state index >= 15 is 0 Å². The summed E-state index contributed by atoms with van der Waals surface area (Å²) in [7, 11) is 0. The fraction of sp³-hybridized carbons (Fsp3) is 0.556. The van der Waals surface area contributed by atoms with E-state index in [1.807, 2.05) is 12.2 Å². The Bertz CT molecular complexity index is 455. The standard InChI is InChI=1S/C9H12BrN3O2/c10-4-3-5-11-8(14)12-6-1-2-7-13(12)9(11)15/h1-2H,3-7H2. The van der Waals surface area contributed by atoms with Crippen LogP contribution in [0.3, 0.4) is 0 Å². The van der Waals surface area contributed by atoms with Crippen LogP contribution in [0.1, 0.15) is 6.42 Å². The summed E-state index contributed by atoms with van der Waals surface area (Å²) in [6.45, 7) is 1.47. The van der Waals surface area contributed by atoms with Gasteiger partial charge in [-0.1, -0.05) is 28.1 Å². The summed E-state index contributed by atoms with van der Waals surface area (Å²) >= 11 is 3.28. The highest BCUT2D eigenvalue weighted by Crippen LogP contribution is 1.94. The smallest absolute Gasteiger partial charge is 0.246 e. The van der Waals surface area contributed by atoms with E-state index in [0.717, 1.165) is 11.8 Å². The maximum Gasteiger partial charge on any atom is 0.347 e. The number of alkyl halides is 1. The van der Waals surface area contributed by atoms with Crippen molar-refractivity contribution in [3.05, 3.63) is 33.1 Å². The van der Waals surface area contributed by atoms with Crippen molar-refractivity contribution < 1.29 is 0 Å². The van der Waals surface area contributed by atoms with Crippen LogP contribution in [0.15, 0.2) is 21.7 Å². The van der Waals surface area contributed by atoms with E-state index in [2.05, 4.69) is 15.9 Å². The Hall–Kier alpha value is -1.04. The molecule has 5 nitrogen and oxygen atoms in total. The first-order valence-electron chi connectivity index (χ1n) is 4.87. The maximum absolute atomic E-state index is 11.8. The normalized spacial score (nSPS) is 14.2. The summed E-state index contributed by atoms with van der Waals surface area (Å²) in [4.78, 5) is 23.6. The molecule has 0 atom stereocenters. The molecule has 0 fully saturated rings.